The molecule has 2 rings (SSSR count). The Morgan fingerprint density at radius 2 is 2.07 bits per heavy atom. The lowest BCUT2D eigenvalue weighted by Gasteiger charge is -2.43. The van der Waals surface area contributed by atoms with E-state index < -0.39 is 0 Å². The molecule has 0 aromatic carbocycles. The molecule has 3 nitrogen and oxygen atoms in total. The van der Waals surface area contributed by atoms with E-state index in [1.165, 1.54) is 45.3 Å². The van der Waals surface area contributed by atoms with Crippen molar-refractivity contribution in [1.82, 2.24) is 10.2 Å². The molecule has 1 aliphatic carbocycles. The van der Waals surface area contributed by atoms with Gasteiger partial charge in [0.25, 0.3) is 0 Å². The van der Waals surface area contributed by atoms with Gasteiger partial charge in [-0.05, 0) is 52.2 Å². The lowest BCUT2D eigenvalue weighted by Crippen LogP contribution is -2.50. The zero-order valence-corrected chi connectivity index (χ0v) is 10.0. The second kappa shape index (κ2) is 5.28. The molecule has 88 valence electrons. The predicted octanol–water partition coefficient (Wildman–Crippen LogP) is 1.24. The maximum absolute atomic E-state index is 5.35. The zero-order chi connectivity index (χ0) is 10.7. The van der Waals surface area contributed by atoms with Crippen LogP contribution in [0.4, 0.5) is 0 Å². The number of hydrogen-bond donors (Lipinski definition) is 1. The molecule has 1 heterocycles. The molecule has 1 aliphatic heterocycles. The summed E-state index contributed by atoms with van der Waals surface area (Å²) in [6, 6.07) is 1.49. The topological polar surface area (TPSA) is 24.5 Å². The fraction of sp³-hybridized carbons (Fsp3) is 1.00. The summed E-state index contributed by atoms with van der Waals surface area (Å²) in [5.41, 5.74) is 0. The first-order chi connectivity index (χ1) is 7.29. The average Bonchev–Trinajstić information content (AvgIpc) is 2.14. The van der Waals surface area contributed by atoms with Crippen LogP contribution >= 0.6 is 0 Å². The monoisotopic (exact) mass is 212 g/mol. The largest absolute Gasteiger partial charge is 0.381 e. The third-order valence-electron chi connectivity index (χ3n) is 3.88. The van der Waals surface area contributed by atoms with E-state index in [1.807, 2.05) is 7.11 Å². The van der Waals surface area contributed by atoms with Crippen molar-refractivity contribution in [3.8, 4) is 0 Å². The summed E-state index contributed by atoms with van der Waals surface area (Å²) < 4.78 is 5.35. The van der Waals surface area contributed by atoms with Crippen molar-refractivity contribution in [2.75, 3.05) is 26.7 Å². The van der Waals surface area contributed by atoms with E-state index in [9.17, 15) is 0 Å². The Hall–Kier alpha value is -0.120. The summed E-state index contributed by atoms with van der Waals surface area (Å²) >= 11 is 0. The van der Waals surface area contributed by atoms with Gasteiger partial charge in [0.15, 0.2) is 0 Å². The molecule has 1 atom stereocenters. The van der Waals surface area contributed by atoms with Crippen LogP contribution in [0.2, 0.25) is 0 Å². The number of nitrogens with one attached hydrogen (secondary N) is 1. The highest BCUT2D eigenvalue weighted by Gasteiger charge is 2.33. The molecule has 1 N–H and O–H groups in total. The lowest BCUT2D eigenvalue weighted by atomic mass is 9.87. The molecule has 3 heteroatoms. The Kier molecular flexibility index (Phi) is 4.00. The van der Waals surface area contributed by atoms with Crippen molar-refractivity contribution >= 4 is 0 Å². The third-order valence-corrected chi connectivity index (χ3v) is 3.88. The number of hydrogen-bond acceptors (Lipinski definition) is 3. The second-order valence-electron chi connectivity index (χ2n) is 5.02. The molecule has 0 spiro atoms. The molecule has 2 fully saturated rings. The molecule has 15 heavy (non-hydrogen) atoms. The van der Waals surface area contributed by atoms with Gasteiger partial charge in [0.2, 0.25) is 0 Å². The first-order valence-corrected chi connectivity index (χ1v) is 6.30. The normalized spacial score (nSPS) is 39.2. The summed E-state index contributed by atoms with van der Waals surface area (Å²) in [6.07, 6.45) is 5.61. The highest BCUT2D eigenvalue weighted by molar-refractivity contribution is 4.89. The first-order valence-electron chi connectivity index (χ1n) is 6.30. The van der Waals surface area contributed by atoms with Crippen LogP contribution < -0.4 is 5.32 Å². The highest BCUT2D eigenvalue weighted by atomic mass is 16.5. The van der Waals surface area contributed by atoms with E-state index in [0.717, 1.165) is 6.04 Å². The van der Waals surface area contributed by atoms with Crippen LogP contribution in [0, 0.1) is 0 Å². The quantitative estimate of drug-likeness (QED) is 0.745. The summed E-state index contributed by atoms with van der Waals surface area (Å²) in [5, 5.41) is 3.55. The van der Waals surface area contributed by atoms with Gasteiger partial charge < -0.3 is 15.0 Å². The standard InChI is InChI=1S/C12H24N2O/c1-10-4-7-14(6-3-5-13-10)11-8-12(9-11)15-2/h10-13H,3-9H2,1-2H3. The molecule has 2 aliphatic rings. The summed E-state index contributed by atoms with van der Waals surface area (Å²) in [5.74, 6) is 0. The SMILES string of the molecule is COC1CC(N2CCCNC(C)CC2)C1. The van der Waals surface area contributed by atoms with Crippen LogP contribution in [0.25, 0.3) is 0 Å². The number of methoxy groups -OCH3 is 1. The van der Waals surface area contributed by atoms with E-state index in [2.05, 4.69) is 17.1 Å². The Labute approximate surface area is 93.2 Å². The summed E-state index contributed by atoms with van der Waals surface area (Å²) in [7, 11) is 1.83. The van der Waals surface area contributed by atoms with Gasteiger partial charge in [-0.25, -0.2) is 0 Å². The van der Waals surface area contributed by atoms with E-state index >= 15 is 0 Å². The van der Waals surface area contributed by atoms with Gasteiger partial charge in [-0.3, -0.25) is 0 Å². The number of rotatable bonds is 2. The van der Waals surface area contributed by atoms with E-state index in [4.69, 9.17) is 4.74 Å². The van der Waals surface area contributed by atoms with Crippen LogP contribution in [0.1, 0.15) is 32.6 Å². The third kappa shape index (κ3) is 2.92. The molecule has 1 saturated heterocycles. The van der Waals surface area contributed by atoms with Gasteiger partial charge in [0.1, 0.15) is 0 Å². The smallest absolute Gasteiger partial charge is 0.0601 e. The molecule has 0 radical (unpaired) electrons. The van der Waals surface area contributed by atoms with Gasteiger partial charge in [0, 0.05) is 19.2 Å². The van der Waals surface area contributed by atoms with Gasteiger partial charge in [-0.15, -0.1) is 0 Å². The van der Waals surface area contributed by atoms with Gasteiger partial charge >= 0.3 is 0 Å². The highest BCUT2D eigenvalue weighted by Crippen LogP contribution is 2.28. The molecule has 0 aromatic heterocycles. The van der Waals surface area contributed by atoms with Gasteiger partial charge in [-0.1, -0.05) is 0 Å². The molecular formula is C12H24N2O. The summed E-state index contributed by atoms with van der Waals surface area (Å²) in [6.45, 7) is 6.00. The fourth-order valence-corrected chi connectivity index (χ4v) is 2.60. The number of nitrogens with zero attached hydrogens (tertiary/aromatic N) is 1. The van der Waals surface area contributed by atoms with Crippen molar-refractivity contribution in [3.63, 3.8) is 0 Å². The van der Waals surface area contributed by atoms with Gasteiger partial charge in [-0.2, -0.15) is 0 Å². The molecule has 0 aromatic rings. The fourth-order valence-electron chi connectivity index (χ4n) is 2.60. The summed E-state index contributed by atoms with van der Waals surface area (Å²) in [4.78, 5) is 2.67. The molecule has 1 unspecified atom stereocenters. The predicted molar refractivity (Wildman–Crippen MR) is 62.1 cm³/mol. The average molecular weight is 212 g/mol. The van der Waals surface area contributed by atoms with Crippen LogP contribution in [0.15, 0.2) is 0 Å². The van der Waals surface area contributed by atoms with Crippen LogP contribution in [-0.2, 0) is 4.74 Å². The van der Waals surface area contributed by atoms with Crippen molar-refractivity contribution < 1.29 is 4.74 Å². The molecule has 0 bridgehead atoms. The minimum absolute atomic E-state index is 0.538. The van der Waals surface area contributed by atoms with Crippen molar-refractivity contribution in [2.45, 2.75) is 50.8 Å². The number of ether oxygens (including phenoxy) is 1. The first kappa shape index (κ1) is 11.4. The Balaban J connectivity index is 1.76. The Morgan fingerprint density at radius 3 is 2.80 bits per heavy atom. The Bertz CT molecular complexity index is 192. The maximum Gasteiger partial charge on any atom is 0.0601 e. The van der Waals surface area contributed by atoms with E-state index in [-0.39, 0.29) is 0 Å². The second-order valence-corrected chi connectivity index (χ2v) is 5.02. The minimum Gasteiger partial charge on any atom is -0.381 e. The van der Waals surface area contributed by atoms with E-state index in [0.29, 0.717) is 12.1 Å². The maximum atomic E-state index is 5.35. The Morgan fingerprint density at radius 1 is 1.27 bits per heavy atom. The van der Waals surface area contributed by atoms with Crippen LogP contribution in [0.5, 0.6) is 0 Å². The molecule has 0 amide bonds. The van der Waals surface area contributed by atoms with E-state index in [1.54, 1.807) is 0 Å². The van der Waals surface area contributed by atoms with Crippen molar-refractivity contribution in [3.05, 3.63) is 0 Å². The van der Waals surface area contributed by atoms with Crippen LogP contribution in [-0.4, -0.2) is 49.8 Å². The van der Waals surface area contributed by atoms with Crippen molar-refractivity contribution in [1.29, 1.82) is 0 Å². The van der Waals surface area contributed by atoms with Crippen molar-refractivity contribution in [2.24, 2.45) is 0 Å². The molecule has 1 saturated carbocycles. The lowest BCUT2D eigenvalue weighted by molar-refractivity contribution is -0.0294. The van der Waals surface area contributed by atoms with Gasteiger partial charge in [0.05, 0.1) is 6.10 Å². The zero-order valence-electron chi connectivity index (χ0n) is 10.0. The molecular weight excluding hydrogens is 188 g/mol. The van der Waals surface area contributed by atoms with Crippen LogP contribution in [0.3, 0.4) is 0 Å². The minimum atomic E-state index is 0.538.